The Bertz CT molecular complexity index is 472. The van der Waals surface area contributed by atoms with Gasteiger partial charge in [-0.25, -0.2) is 4.79 Å². The largest absolute Gasteiger partial charge is 0.444 e. The van der Waals surface area contributed by atoms with Gasteiger partial charge in [0, 0.05) is 11.8 Å². The molecule has 2 amide bonds. The summed E-state index contributed by atoms with van der Waals surface area (Å²) >= 11 is 0.987. The van der Waals surface area contributed by atoms with Gasteiger partial charge in [0.15, 0.2) is 0 Å². The molecule has 0 radical (unpaired) electrons. The number of hydrogen-bond donors (Lipinski definition) is 2. The molecule has 0 bridgehead atoms. The second-order valence-corrected chi connectivity index (χ2v) is 6.69. The second-order valence-electron chi connectivity index (χ2n) is 5.66. The van der Waals surface area contributed by atoms with Gasteiger partial charge in [-0.05, 0) is 32.8 Å². The molecule has 0 aromatic heterocycles. The van der Waals surface area contributed by atoms with Gasteiger partial charge in [-0.2, -0.15) is 0 Å². The third-order valence-corrected chi connectivity index (χ3v) is 3.33. The fourth-order valence-corrected chi connectivity index (χ4v) is 2.27. The molecule has 1 atom stereocenters. The number of amides is 2. The number of nitrogens with one attached hydrogen (secondary N) is 1. The number of rotatable bonds is 5. The molecule has 0 aliphatic carbocycles. The van der Waals surface area contributed by atoms with Crippen molar-refractivity contribution in [3.63, 3.8) is 0 Å². The number of carbonyl (C=O) groups excluding carboxylic acids is 2. The minimum atomic E-state index is -0.557. The summed E-state index contributed by atoms with van der Waals surface area (Å²) in [4.78, 5) is 22.8. The molecule has 0 aliphatic rings. The highest BCUT2D eigenvalue weighted by Gasteiger charge is 2.20. The number of alkyl carbamates (subject to hydrolysis) is 1. The standard InChI is InChI=1S/C15H22N2O3S/c1-15(2,3)20-14(19)17-12(10-21-13(16)18)9-11-7-5-4-6-8-11/h4-8,12H,9-10H2,1-3H3,(H2,16,18)(H,17,19)/t12-/m1/s1. The van der Waals surface area contributed by atoms with Gasteiger partial charge < -0.3 is 15.8 Å². The molecule has 6 heteroatoms. The minimum absolute atomic E-state index is 0.222. The zero-order valence-corrected chi connectivity index (χ0v) is 13.4. The fraction of sp³-hybridized carbons (Fsp3) is 0.467. The first-order valence-electron chi connectivity index (χ1n) is 6.72. The van der Waals surface area contributed by atoms with E-state index in [2.05, 4.69) is 5.32 Å². The van der Waals surface area contributed by atoms with E-state index in [1.165, 1.54) is 0 Å². The van der Waals surface area contributed by atoms with Crippen molar-refractivity contribution in [3.05, 3.63) is 35.9 Å². The molecular formula is C15H22N2O3S. The first kappa shape index (κ1) is 17.4. The Morgan fingerprint density at radius 3 is 2.43 bits per heavy atom. The van der Waals surface area contributed by atoms with Crippen molar-refractivity contribution >= 4 is 23.1 Å². The molecule has 0 unspecified atom stereocenters. The number of ether oxygens (including phenoxy) is 1. The molecule has 116 valence electrons. The van der Waals surface area contributed by atoms with Crippen LogP contribution >= 0.6 is 11.8 Å². The maximum absolute atomic E-state index is 11.8. The van der Waals surface area contributed by atoms with Gasteiger partial charge >= 0.3 is 6.09 Å². The van der Waals surface area contributed by atoms with E-state index in [9.17, 15) is 9.59 Å². The van der Waals surface area contributed by atoms with Crippen molar-refractivity contribution in [1.82, 2.24) is 5.32 Å². The average molecular weight is 310 g/mol. The molecule has 3 N–H and O–H groups in total. The Labute approximate surface area is 129 Å². The van der Waals surface area contributed by atoms with Gasteiger partial charge in [0.2, 0.25) is 0 Å². The highest BCUT2D eigenvalue weighted by Crippen LogP contribution is 2.11. The van der Waals surface area contributed by atoms with E-state index < -0.39 is 16.9 Å². The van der Waals surface area contributed by atoms with Crippen LogP contribution in [0.4, 0.5) is 9.59 Å². The van der Waals surface area contributed by atoms with Gasteiger partial charge in [0.05, 0.1) is 0 Å². The van der Waals surface area contributed by atoms with Gasteiger partial charge in [0.25, 0.3) is 5.24 Å². The average Bonchev–Trinajstić information content (AvgIpc) is 2.34. The topological polar surface area (TPSA) is 81.4 Å². The van der Waals surface area contributed by atoms with Crippen molar-refractivity contribution in [2.24, 2.45) is 5.73 Å². The van der Waals surface area contributed by atoms with Gasteiger partial charge in [0.1, 0.15) is 5.60 Å². The van der Waals surface area contributed by atoms with E-state index in [0.717, 1.165) is 17.3 Å². The summed E-state index contributed by atoms with van der Waals surface area (Å²) in [6, 6.07) is 9.51. The van der Waals surface area contributed by atoms with Crippen LogP contribution < -0.4 is 11.1 Å². The van der Waals surface area contributed by atoms with Crippen molar-refractivity contribution in [3.8, 4) is 0 Å². The summed E-state index contributed by atoms with van der Waals surface area (Å²) in [5.74, 6) is 0.406. The molecule has 0 aliphatic heterocycles. The third-order valence-electron chi connectivity index (χ3n) is 2.47. The first-order chi connectivity index (χ1) is 9.76. The number of benzene rings is 1. The molecule has 5 nitrogen and oxygen atoms in total. The number of carbonyl (C=O) groups is 2. The number of thioether (sulfide) groups is 1. The Kier molecular flexibility index (Phi) is 6.55. The maximum Gasteiger partial charge on any atom is 0.407 e. The summed E-state index contributed by atoms with van der Waals surface area (Å²) < 4.78 is 5.24. The first-order valence-corrected chi connectivity index (χ1v) is 7.70. The van der Waals surface area contributed by atoms with Gasteiger partial charge in [-0.15, -0.1) is 0 Å². The lowest BCUT2D eigenvalue weighted by Gasteiger charge is -2.23. The van der Waals surface area contributed by atoms with Crippen LogP contribution in [0, 0.1) is 0 Å². The number of primary amides is 1. The fourth-order valence-electron chi connectivity index (χ4n) is 1.71. The predicted octanol–water partition coefficient (Wildman–Crippen LogP) is 2.93. The number of hydrogen-bond acceptors (Lipinski definition) is 4. The normalized spacial score (nSPS) is 12.5. The molecule has 0 spiro atoms. The molecule has 0 heterocycles. The molecule has 1 rings (SSSR count). The van der Waals surface area contributed by atoms with Crippen LogP contribution in [0.2, 0.25) is 0 Å². The quantitative estimate of drug-likeness (QED) is 0.876. The smallest absolute Gasteiger partial charge is 0.407 e. The second kappa shape index (κ2) is 7.93. The zero-order chi connectivity index (χ0) is 15.9. The van der Waals surface area contributed by atoms with Gasteiger partial charge in [-0.3, -0.25) is 4.79 Å². The van der Waals surface area contributed by atoms with Crippen molar-refractivity contribution < 1.29 is 14.3 Å². The van der Waals surface area contributed by atoms with E-state index in [4.69, 9.17) is 10.5 Å². The maximum atomic E-state index is 11.8. The van der Waals surface area contributed by atoms with E-state index in [0.29, 0.717) is 12.2 Å². The van der Waals surface area contributed by atoms with E-state index in [1.807, 2.05) is 30.3 Å². The summed E-state index contributed by atoms with van der Waals surface area (Å²) in [5.41, 5.74) is 5.66. The minimum Gasteiger partial charge on any atom is -0.444 e. The lowest BCUT2D eigenvalue weighted by molar-refractivity contribution is 0.0509. The third kappa shape index (κ3) is 8.24. The number of nitrogens with two attached hydrogens (primary N) is 1. The summed E-state index contributed by atoms with van der Waals surface area (Å²) in [6.45, 7) is 5.41. The molecule has 1 aromatic rings. The predicted molar refractivity (Wildman–Crippen MR) is 85.3 cm³/mol. The monoisotopic (exact) mass is 310 g/mol. The van der Waals surface area contributed by atoms with Crippen LogP contribution in [-0.2, 0) is 11.2 Å². The summed E-state index contributed by atoms with van der Waals surface area (Å²) in [7, 11) is 0. The Balaban J connectivity index is 2.63. The zero-order valence-electron chi connectivity index (χ0n) is 12.6. The summed E-state index contributed by atoms with van der Waals surface area (Å²) in [6.07, 6.45) is 0.119. The molecule has 21 heavy (non-hydrogen) atoms. The molecule has 1 aromatic carbocycles. The molecule has 0 saturated heterocycles. The van der Waals surface area contributed by atoms with Crippen molar-refractivity contribution in [2.45, 2.75) is 38.8 Å². The van der Waals surface area contributed by atoms with Gasteiger partial charge in [-0.1, -0.05) is 42.1 Å². The molecule has 0 fully saturated rings. The molecular weight excluding hydrogens is 288 g/mol. The van der Waals surface area contributed by atoms with Crippen LogP contribution in [0.15, 0.2) is 30.3 Å². The van der Waals surface area contributed by atoms with E-state index in [1.54, 1.807) is 20.8 Å². The van der Waals surface area contributed by atoms with Crippen LogP contribution in [0.25, 0.3) is 0 Å². The Morgan fingerprint density at radius 1 is 1.29 bits per heavy atom. The molecule has 0 saturated carbocycles. The highest BCUT2D eigenvalue weighted by atomic mass is 32.2. The summed E-state index contributed by atoms with van der Waals surface area (Å²) in [5, 5.41) is 2.33. The van der Waals surface area contributed by atoms with Crippen LogP contribution in [0.3, 0.4) is 0 Å². The SMILES string of the molecule is CC(C)(C)OC(=O)N[C@@H](CSC(N)=O)Cc1ccccc1. The Morgan fingerprint density at radius 2 is 1.90 bits per heavy atom. The lowest BCUT2D eigenvalue weighted by Crippen LogP contribution is -2.42. The van der Waals surface area contributed by atoms with Crippen molar-refractivity contribution in [1.29, 1.82) is 0 Å². The van der Waals surface area contributed by atoms with Crippen LogP contribution in [-0.4, -0.2) is 28.7 Å². The van der Waals surface area contributed by atoms with E-state index in [-0.39, 0.29) is 6.04 Å². The Hall–Kier alpha value is -1.69. The van der Waals surface area contributed by atoms with E-state index >= 15 is 0 Å². The van der Waals surface area contributed by atoms with Crippen LogP contribution in [0.1, 0.15) is 26.3 Å². The van der Waals surface area contributed by atoms with Crippen molar-refractivity contribution in [2.75, 3.05) is 5.75 Å². The highest BCUT2D eigenvalue weighted by molar-refractivity contribution is 8.13. The van der Waals surface area contributed by atoms with Crippen LogP contribution in [0.5, 0.6) is 0 Å². The lowest BCUT2D eigenvalue weighted by atomic mass is 10.1.